The van der Waals surface area contributed by atoms with Crippen LogP contribution in [-0.2, 0) is 0 Å². The quantitative estimate of drug-likeness (QED) is 0.423. The second-order valence-corrected chi connectivity index (χ2v) is 7.65. The van der Waals surface area contributed by atoms with Gasteiger partial charge in [-0.15, -0.1) is 0 Å². The molecule has 0 atom stereocenters. The molecule has 0 bridgehead atoms. The van der Waals surface area contributed by atoms with Crippen molar-refractivity contribution in [2.75, 3.05) is 14.2 Å². The standard InChI is InChI=1S/C25H24N2O5/c1-13-9-14(2)22-18(10-13)21(28)24(32-25-26-15(3)11-16(4)27-25)23(31-22)17-7-8-19(29-5)20(12-17)30-6/h7-12H,1-6H3. The van der Waals surface area contributed by atoms with E-state index in [-0.39, 0.29) is 22.9 Å². The first-order valence-corrected chi connectivity index (χ1v) is 10.1. The summed E-state index contributed by atoms with van der Waals surface area (Å²) in [5.41, 5.74) is 4.07. The second-order valence-electron chi connectivity index (χ2n) is 7.65. The average molecular weight is 432 g/mol. The fraction of sp³-hybridized carbons (Fsp3) is 0.240. The van der Waals surface area contributed by atoms with Crippen molar-refractivity contribution in [1.29, 1.82) is 0 Å². The van der Waals surface area contributed by atoms with E-state index < -0.39 is 0 Å². The molecule has 32 heavy (non-hydrogen) atoms. The van der Waals surface area contributed by atoms with Gasteiger partial charge in [-0.3, -0.25) is 4.79 Å². The lowest BCUT2D eigenvalue weighted by molar-refractivity contribution is 0.355. The van der Waals surface area contributed by atoms with Gasteiger partial charge in [-0.25, -0.2) is 9.97 Å². The van der Waals surface area contributed by atoms with E-state index in [0.29, 0.717) is 28.0 Å². The molecule has 0 radical (unpaired) electrons. The van der Waals surface area contributed by atoms with Gasteiger partial charge in [0.25, 0.3) is 0 Å². The summed E-state index contributed by atoms with van der Waals surface area (Å²) < 4.78 is 23.0. The van der Waals surface area contributed by atoms with E-state index in [2.05, 4.69) is 9.97 Å². The first kappa shape index (κ1) is 21.4. The second kappa shape index (κ2) is 8.34. The van der Waals surface area contributed by atoms with E-state index in [9.17, 15) is 4.79 Å². The fourth-order valence-corrected chi connectivity index (χ4v) is 3.72. The van der Waals surface area contributed by atoms with Gasteiger partial charge in [0.1, 0.15) is 5.58 Å². The highest BCUT2D eigenvalue weighted by Crippen LogP contribution is 2.38. The normalized spacial score (nSPS) is 10.9. The zero-order chi connectivity index (χ0) is 23.0. The summed E-state index contributed by atoms with van der Waals surface area (Å²) in [6, 6.07) is 10.9. The van der Waals surface area contributed by atoms with Crippen LogP contribution < -0.4 is 19.6 Å². The molecule has 0 unspecified atom stereocenters. The third-order valence-electron chi connectivity index (χ3n) is 5.08. The lowest BCUT2D eigenvalue weighted by atomic mass is 10.0. The molecule has 0 saturated carbocycles. The summed E-state index contributed by atoms with van der Waals surface area (Å²) in [7, 11) is 3.11. The molecule has 2 aromatic heterocycles. The van der Waals surface area contributed by atoms with Crippen LogP contribution in [0.3, 0.4) is 0 Å². The molecule has 0 fully saturated rings. The number of ether oxygens (including phenoxy) is 3. The highest BCUT2D eigenvalue weighted by molar-refractivity contribution is 5.85. The number of hydrogen-bond donors (Lipinski definition) is 0. The summed E-state index contributed by atoms with van der Waals surface area (Å²) >= 11 is 0. The minimum absolute atomic E-state index is 0.0136. The van der Waals surface area contributed by atoms with Gasteiger partial charge in [-0.1, -0.05) is 6.07 Å². The number of aryl methyl sites for hydroxylation is 4. The zero-order valence-corrected chi connectivity index (χ0v) is 18.9. The molecule has 4 aromatic rings. The van der Waals surface area contributed by atoms with Crippen LogP contribution in [0.5, 0.6) is 23.3 Å². The van der Waals surface area contributed by atoms with Gasteiger partial charge in [0.2, 0.25) is 11.2 Å². The van der Waals surface area contributed by atoms with Gasteiger partial charge < -0.3 is 18.6 Å². The minimum Gasteiger partial charge on any atom is -0.493 e. The molecule has 0 spiro atoms. The van der Waals surface area contributed by atoms with E-state index in [1.54, 1.807) is 38.5 Å². The van der Waals surface area contributed by atoms with Gasteiger partial charge in [-0.2, -0.15) is 0 Å². The fourth-order valence-electron chi connectivity index (χ4n) is 3.72. The van der Waals surface area contributed by atoms with Crippen LogP contribution in [0, 0.1) is 27.7 Å². The molecule has 0 aliphatic carbocycles. The number of aromatic nitrogens is 2. The maximum absolute atomic E-state index is 13.6. The summed E-state index contributed by atoms with van der Waals surface area (Å²) in [6.07, 6.45) is 0. The van der Waals surface area contributed by atoms with Crippen LogP contribution >= 0.6 is 0 Å². The highest BCUT2D eigenvalue weighted by Gasteiger charge is 2.22. The molecule has 0 aliphatic heterocycles. The third kappa shape index (κ3) is 3.89. The smallest absolute Gasteiger partial charge is 0.322 e. The predicted molar refractivity (Wildman–Crippen MR) is 122 cm³/mol. The van der Waals surface area contributed by atoms with Crippen LogP contribution in [0.15, 0.2) is 45.6 Å². The molecule has 164 valence electrons. The van der Waals surface area contributed by atoms with Crippen molar-refractivity contribution in [3.05, 3.63) is 69.1 Å². The molecule has 0 saturated heterocycles. The maximum atomic E-state index is 13.6. The highest BCUT2D eigenvalue weighted by atomic mass is 16.5. The summed E-state index contributed by atoms with van der Waals surface area (Å²) in [6.45, 7) is 7.52. The first-order valence-electron chi connectivity index (χ1n) is 10.1. The summed E-state index contributed by atoms with van der Waals surface area (Å²) in [5, 5.41) is 0.436. The van der Waals surface area contributed by atoms with Crippen LogP contribution in [0.4, 0.5) is 0 Å². The number of methoxy groups -OCH3 is 2. The van der Waals surface area contributed by atoms with Gasteiger partial charge in [-0.05, 0) is 69.2 Å². The number of nitrogens with zero attached hydrogens (tertiary/aromatic N) is 2. The van der Waals surface area contributed by atoms with Crippen LogP contribution in [0.2, 0.25) is 0 Å². The Morgan fingerprint density at radius 3 is 2.19 bits per heavy atom. The molecule has 7 heteroatoms. The first-order chi connectivity index (χ1) is 15.3. The Morgan fingerprint density at radius 2 is 1.53 bits per heavy atom. The van der Waals surface area contributed by atoms with Gasteiger partial charge >= 0.3 is 6.01 Å². The summed E-state index contributed by atoms with van der Waals surface area (Å²) in [5.74, 6) is 1.34. The van der Waals surface area contributed by atoms with E-state index >= 15 is 0 Å². The lowest BCUT2D eigenvalue weighted by Crippen LogP contribution is -2.10. The topological polar surface area (TPSA) is 83.7 Å². The lowest BCUT2D eigenvalue weighted by Gasteiger charge is -2.14. The van der Waals surface area contributed by atoms with E-state index in [1.807, 2.05) is 39.8 Å². The molecule has 4 rings (SSSR count). The number of hydrogen-bond acceptors (Lipinski definition) is 7. The molecule has 0 N–H and O–H groups in total. The van der Waals surface area contributed by atoms with Crippen molar-refractivity contribution in [3.63, 3.8) is 0 Å². The summed E-state index contributed by atoms with van der Waals surface area (Å²) in [4.78, 5) is 22.2. The number of rotatable bonds is 5. The van der Waals surface area contributed by atoms with Crippen molar-refractivity contribution < 1.29 is 18.6 Å². The Morgan fingerprint density at radius 1 is 0.844 bits per heavy atom. The Kier molecular flexibility index (Phi) is 5.57. The molecule has 2 heterocycles. The largest absolute Gasteiger partial charge is 0.493 e. The van der Waals surface area contributed by atoms with Crippen LogP contribution in [0.1, 0.15) is 22.5 Å². The molecular formula is C25H24N2O5. The molecule has 7 nitrogen and oxygen atoms in total. The Hall–Kier alpha value is -3.87. The van der Waals surface area contributed by atoms with Crippen molar-refractivity contribution in [2.24, 2.45) is 0 Å². The van der Waals surface area contributed by atoms with E-state index in [4.69, 9.17) is 18.6 Å². The maximum Gasteiger partial charge on any atom is 0.322 e. The van der Waals surface area contributed by atoms with Crippen LogP contribution in [0.25, 0.3) is 22.3 Å². The number of benzene rings is 2. The monoisotopic (exact) mass is 432 g/mol. The van der Waals surface area contributed by atoms with E-state index in [0.717, 1.165) is 22.5 Å². The van der Waals surface area contributed by atoms with Gasteiger partial charge in [0.15, 0.2) is 17.3 Å². The van der Waals surface area contributed by atoms with Crippen molar-refractivity contribution in [2.45, 2.75) is 27.7 Å². The predicted octanol–water partition coefficient (Wildman–Crippen LogP) is 5.29. The Balaban J connectivity index is 2.02. The molecule has 2 aromatic carbocycles. The zero-order valence-electron chi connectivity index (χ0n) is 18.9. The molecule has 0 aliphatic rings. The average Bonchev–Trinajstić information content (AvgIpc) is 2.74. The van der Waals surface area contributed by atoms with Gasteiger partial charge in [0, 0.05) is 17.0 Å². The van der Waals surface area contributed by atoms with Crippen LogP contribution in [-0.4, -0.2) is 24.2 Å². The number of fused-ring (bicyclic) bond motifs is 1. The third-order valence-corrected chi connectivity index (χ3v) is 5.08. The Labute approximate surface area is 185 Å². The van der Waals surface area contributed by atoms with E-state index in [1.165, 1.54) is 0 Å². The Bertz CT molecular complexity index is 1370. The molecule has 0 amide bonds. The van der Waals surface area contributed by atoms with Gasteiger partial charge in [0.05, 0.1) is 19.6 Å². The van der Waals surface area contributed by atoms with Crippen molar-refractivity contribution >= 4 is 11.0 Å². The minimum atomic E-state index is -0.300. The van der Waals surface area contributed by atoms with Crippen molar-refractivity contribution in [3.8, 4) is 34.6 Å². The SMILES string of the molecule is COc1ccc(-c2oc3c(C)cc(C)cc3c(=O)c2Oc2nc(C)cc(C)n2)cc1OC. The molecular weight excluding hydrogens is 408 g/mol. The van der Waals surface area contributed by atoms with Crippen molar-refractivity contribution in [1.82, 2.24) is 9.97 Å².